The molecule has 2 rings (SSSR count). The SMILES string of the molecule is Cc1nn(C)c(C)c1CNC(=O)C1CCNC1. The van der Waals surface area contributed by atoms with Crippen molar-refractivity contribution in [2.75, 3.05) is 13.1 Å². The molecule has 2 N–H and O–H groups in total. The van der Waals surface area contributed by atoms with Crippen LogP contribution in [0.2, 0.25) is 0 Å². The molecule has 1 atom stereocenters. The average Bonchev–Trinajstić information content (AvgIpc) is 2.88. The highest BCUT2D eigenvalue weighted by molar-refractivity contribution is 5.79. The second-order valence-corrected chi connectivity index (χ2v) is 4.68. The summed E-state index contributed by atoms with van der Waals surface area (Å²) in [5.41, 5.74) is 3.24. The minimum atomic E-state index is 0.132. The third-order valence-corrected chi connectivity index (χ3v) is 3.53. The van der Waals surface area contributed by atoms with Crippen molar-refractivity contribution in [2.45, 2.75) is 26.8 Å². The van der Waals surface area contributed by atoms with E-state index in [1.807, 2.05) is 25.6 Å². The number of amides is 1. The topological polar surface area (TPSA) is 59.0 Å². The molecule has 0 saturated carbocycles. The first-order valence-electron chi connectivity index (χ1n) is 6.07. The van der Waals surface area contributed by atoms with Crippen LogP contribution in [0, 0.1) is 19.8 Å². The van der Waals surface area contributed by atoms with Gasteiger partial charge in [0.15, 0.2) is 0 Å². The van der Waals surface area contributed by atoms with Crippen LogP contribution < -0.4 is 10.6 Å². The summed E-state index contributed by atoms with van der Waals surface area (Å²) < 4.78 is 1.86. The van der Waals surface area contributed by atoms with E-state index < -0.39 is 0 Å². The van der Waals surface area contributed by atoms with Gasteiger partial charge in [-0.25, -0.2) is 0 Å². The van der Waals surface area contributed by atoms with E-state index in [2.05, 4.69) is 15.7 Å². The molecule has 1 aliphatic heterocycles. The molecule has 1 amide bonds. The minimum absolute atomic E-state index is 0.132. The zero-order chi connectivity index (χ0) is 12.4. The van der Waals surface area contributed by atoms with Gasteiger partial charge in [-0.05, 0) is 26.8 Å². The molecule has 17 heavy (non-hydrogen) atoms. The first-order chi connectivity index (χ1) is 8.09. The minimum Gasteiger partial charge on any atom is -0.352 e. The Balaban J connectivity index is 1.95. The Hall–Kier alpha value is -1.36. The van der Waals surface area contributed by atoms with Gasteiger partial charge in [0.05, 0.1) is 11.6 Å². The monoisotopic (exact) mass is 236 g/mol. The normalized spacial score (nSPS) is 19.6. The molecule has 0 aliphatic carbocycles. The number of hydrogen-bond acceptors (Lipinski definition) is 3. The fourth-order valence-corrected chi connectivity index (χ4v) is 2.27. The van der Waals surface area contributed by atoms with Gasteiger partial charge in [0, 0.05) is 31.4 Å². The lowest BCUT2D eigenvalue weighted by molar-refractivity contribution is -0.124. The van der Waals surface area contributed by atoms with Gasteiger partial charge in [-0.3, -0.25) is 9.48 Å². The summed E-state index contributed by atoms with van der Waals surface area (Å²) in [6.07, 6.45) is 0.941. The summed E-state index contributed by atoms with van der Waals surface area (Å²) >= 11 is 0. The molecular formula is C12H20N4O. The summed E-state index contributed by atoms with van der Waals surface area (Å²) in [7, 11) is 1.93. The zero-order valence-electron chi connectivity index (χ0n) is 10.7. The Morgan fingerprint density at radius 2 is 2.35 bits per heavy atom. The smallest absolute Gasteiger partial charge is 0.224 e. The van der Waals surface area contributed by atoms with Gasteiger partial charge in [0.1, 0.15) is 0 Å². The van der Waals surface area contributed by atoms with Gasteiger partial charge in [0.2, 0.25) is 5.91 Å². The predicted molar refractivity (Wildman–Crippen MR) is 65.5 cm³/mol. The third kappa shape index (κ3) is 2.49. The molecule has 1 aromatic heterocycles. The first-order valence-corrected chi connectivity index (χ1v) is 6.07. The van der Waals surface area contributed by atoms with Crippen LogP contribution in [0.5, 0.6) is 0 Å². The summed E-state index contributed by atoms with van der Waals surface area (Å²) in [6, 6.07) is 0. The van der Waals surface area contributed by atoms with E-state index in [-0.39, 0.29) is 11.8 Å². The Morgan fingerprint density at radius 1 is 1.59 bits per heavy atom. The molecule has 0 aromatic carbocycles. The Labute approximate surface area is 102 Å². The lowest BCUT2D eigenvalue weighted by atomic mass is 10.1. The Morgan fingerprint density at radius 3 is 2.88 bits per heavy atom. The number of hydrogen-bond donors (Lipinski definition) is 2. The maximum absolute atomic E-state index is 11.9. The standard InChI is InChI=1S/C12H20N4O/c1-8-11(9(2)16(3)15-8)7-14-12(17)10-4-5-13-6-10/h10,13H,4-7H2,1-3H3,(H,14,17). The highest BCUT2D eigenvalue weighted by atomic mass is 16.1. The largest absolute Gasteiger partial charge is 0.352 e. The van der Waals surface area contributed by atoms with Crippen molar-refractivity contribution >= 4 is 5.91 Å². The molecule has 1 aromatic rings. The highest BCUT2D eigenvalue weighted by Crippen LogP contribution is 2.12. The van der Waals surface area contributed by atoms with Crippen LogP contribution in [0.3, 0.4) is 0 Å². The predicted octanol–water partition coefficient (Wildman–Crippen LogP) is 0.263. The van der Waals surface area contributed by atoms with Gasteiger partial charge < -0.3 is 10.6 Å². The van der Waals surface area contributed by atoms with E-state index in [1.54, 1.807) is 0 Å². The molecule has 1 aliphatic rings. The molecule has 5 nitrogen and oxygen atoms in total. The van der Waals surface area contributed by atoms with Gasteiger partial charge in [-0.1, -0.05) is 0 Å². The number of rotatable bonds is 3. The summed E-state index contributed by atoms with van der Waals surface area (Å²) in [6.45, 7) is 6.34. The van der Waals surface area contributed by atoms with Gasteiger partial charge >= 0.3 is 0 Å². The molecule has 0 spiro atoms. The lowest BCUT2D eigenvalue weighted by Gasteiger charge is -2.10. The second kappa shape index (κ2) is 4.87. The molecule has 0 bridgehead atoms. The fourth-order valence-electron chi connectivity index (χ4n) is 2.27. The van der Waals surface area contributed by atoms with Crippen LogP contribution in [-0.2, 0) is 18.4 Å². The van der Waals surface area contributed by atoms with E-state index >= 15 is 0 Å². The summed E-state index contributed by atoms with van der Waals surface area (Å²) in [5, 5.41) is 10.5. The Bertz CT molecular complexity index is 418. The second-order valence-electron chi connectivity index (χ2n) is 4.68. The number of aryl methyl sites for hydroxylation is 2. The average molecular weight is 236 g/mol. The number of aromatic nitrogens is 2. The molecule has 2 heterocycles. The van der Waals surface area contributed by atoms with Crippen molar-refractivity contribution in [3.05, 3.63) is 17.0 Å². The van der Waals surface area contributed by atoms with E-state index in [4.69, 9.17) is 0 Å². The molecule has 94 valence electrons. The van der Waals surface area contributed by atoms with E-state index in [9.17, 15) is 4.79 Å². The van der Waals surface area contributed by atoms with Gasteiger partial charge in [-0.2, -0.15) is 5.10 Å². The molecular weight excluding hydrogens is 216 g/mol. The van der Waals surface area contributed by atoms with Crippen molar-refractivity contribution in [1.82, 2.24) is 20.4 Å². The number of carbonyl (C=O) groups is 1. The zero-order valence-corrected chi connectivity index (χ0v) is 10.7. The maximum Gasteiger partial charge on any atom is 0.224 e. The Kier molecular flexibility index (Phi) is 3.47. The fraction of sp³-hybridized carbons (Fsp3) is 0.667. The van der Waals surface area contributed by atoms with Gasteiger partial charge in [-0.15, -0.1) is 0 Å². The van der Waals surface area contributed by atoms with Crippen LogP contribution in [0.1, 0.15) is 23.4 Å². The number of carbonyl (C=O) groups excluding carboxylic acids is 1. The van der Waals surface area contributed by atoms with Crippen LogP contribution in [0.4, 0.5) is 0 Å². The van der Waals surface area contributed by atoms with E-state index in [0.29, 0.717) is 6.54 Å². The quantitative estimate of drug-likeness (QED) is 0.791. The van der Waals surface area contributed by atoms with Crippen molar-refractivity contribution in [3.63, 3.8) is 0 Å². The molecule has 0 radical (unpaired) electrons. The van der Waals surface area contributed by atoms with Gasteiger partial charge in [0.25, 0.3) is 0 Å². The number of nitrogens with zero attached hydrogens (tertiary/aromatic N) is 2. The van der Waals surface area contributed by atoms with Crippen LogP contribution in [-0.4, -0.2) is 28.8 Å². The van der Waals surface area contributed by atoms with Crippen molar-refractivity contribution in [2.24, 2.45) is 13.0 Å². The van der Waals surface area contributed by atoms with Crippen LogP contribution in [0.25, 0.3) is 0 Å². The number of nitrogens with one attached hydrogen (secondary N) is 2. The van der Waals surface area contributed by atoms with Crippen molar-refractivity contribution < 1.29 is 4.79 Å². The molecule has 5 heteroatoms. The van der Waals surface area contributed by atoms with Crippen LogP contribution >= 0.6 is 0 Å². The third-order valence-electron chi connectivity index (χ3n) is 3.53. The summed E-state index contributed by atoms with van der Waals surface area (Å²) in [5.74, 6) is 0.282. The first kappa shape index (κ1) is 12.1. The van der Waals surface area contributed by atoms with E-state index in [1.165, 1.54) is 0 Å². The molecule has 1 saturated heterocycles. The molecule has 1 fully saturated rings. The maximum atomic E-state index is 11.9. The van der Waals surface area contributed by atoms with Crippen molar-refractivity contribution in [3.8, 4) is 0 Å². The highest BCUT2D eigenvalue weighted by Gasteiger charge is 2.22. The van der Waals surface area contributed by atoms with E-state index in [0.717, 1.165) is 36.5 Å². The van der Waals surface area contributed by atoms with Crippen molar-refractivity contribution in [1.29, 1.82) is 0 Å². The summed E-state index contributed by atoms with van der Waals surface area (Å²) in [4.78, 5) is 11.9. The van der Waals surface area contributed by atoms with Crippen LogP contribution in [0.15, 0.2) is 0 Å². The lowest BCUT2D eigenvalue weighted by Crippen LogP contribution is -2.31. The molecule has 1 unspecified atom stereocenters.